The van der Waals surface area contributed by atoms with Crippen LogP contribution in [0.25, 0.3) is 0 Å². The lowest BCUT2D eigenvalue weighted by Gasteiger charge is -2.23. The Morgan fingerprint density at radius 1 is 1.40 bits per heavy atom. The molecular formula is C12H14ClNO. The SMILES string of the molecule is C[C@H]1c2ccccc2N(C(=O)CCl)[C@H]1C. The number of para-hydroxylation sites is 1. The minimum Gasteiger partial charge on any atom is -0.308 e. The van der Waals surface area contributed by atoms with Crippen LogP contribution in [0.3, 0.4) is 0 Å². The van der Waals surface area contributed by atoms with Crippen molar-refractivity contribution in [1.82, 2.24) is 0 Å². The molecule has 0 bridgehead atoms. The molecule has 0 unspecified atom stereocenters. The number of benzene rings is 1. The zero-order valence-corrected chi connectivity index (χ0v) is 9.66. The Hall–Kier alpha value is -1.02. The number of carbonyl (C=O) groups is 1. The Balaban J connectivity index is 2.46. The first-order valence-corrected chi connectivity index (χ1v) is 5.67. The van der Waals surface area contributed by atoms with Gasteiger partial charge in [0.05, 0.1) is 0 Å². The van der Waals surface area contributed by atoms with Crippen LogP contribution < -0.4 is 4.90 Å². The maximum Gasteiger partial charge on any atom is 0.242 e. The second-order valence-corrected chi connectivity index (χ2v) is 4.25. The van der Waals surface area contributed by atoms with Gasteiger partial charge in [0.2, 0.25) is 5.91 Å². The van der Waals surface area contributed by atoms with Crippen LogP contribution in [0.1, 0.15) is 25.3 Å². The number of rotatable bonds is 1. The molecule has 80 valence electrons. The topological polar surface area (TPSA) is 20.3 Å². The Morgan fingerprint density at radius 3 is 2.73 bits per heavy atom. The average Bonchev–Trinajstić information content (AvgIpc) is 2.52. The molecule has 0 fully saturated rings. The van der Waals surface area contributed by atoms with Gasteiger partial charge >= 0.3 is 0 Å². The zero-order chi connectivity index (χ0) is 11.0. The molecule has 2 nitrogen and oxygen atoms in total. The maximum absolute atomic E-state index is 11.7. The molecule has 1 aliphatic rings. The quantitative estimate of drug-likeness (QED) is 0.671. The fourth-order valence-corrected chi connectivity index (χ4v) is 2.35. The largest absolute Gasteiger partial charge is 0.308 e. The Bertz CT molecular complexity index is 391. The summed E-state index contributed by atoms with van der Waals surface area (Å²) in [6, 6.07) is 8.24. The fourth-order valence-electron chi connectivity index (χ4n) is 2.22. The van der Waals surface area contributed by atoms with E-state index in [1.165, 1.54) is 5.56 Å². The van der Waals surface area contributed by atoms with E-state index in [1.54, 1.807) is 0 Å². The average molecular weight is 224 g/mol. The minimum atomic E-state index is -0.0130. The molecule has 0 aliphatic carbocycles. The number of hydrogen-bond donors (Lipinski definition) is 0. The number of anilines is 1. The van der Waals surface area contributed by atoms with Gasteiger partial charge in [-0.15, -0.1) is 11.6 Å². The molecule has 0 saturated heterocycles. The molecule has 0 aromatic heterocycles. The molecule has 0 N–H and O–H groups in total. The molecule has 1 heterocycles. The van der Waals surface area contributed by atoms with E-state index in [4.69, 9.17) is 11.6 Å². The van der Waals surface area contributed by atoms with E-state index in [2.05, 4.69) is 19.9 Å². The Morgan fingerprint density at radius 2 is 2.07 bits per heavy atom. The van der Waals surface area contributed by atoms with Gasteiger partial charge in [0.15, 0.2) is 0 Å². The lowest BCUT2D eigenvalue weighted by atomic mass is 9.98. The molecule has 2 atom stereocenters. The highest BCUT2D eigenvalue weighted by atomic mass is 35.5. The van der Waals surface area contributed by atoms with Gasteiger partial charge in [0, 0.05) is 17.6 Å². The van der Waals surface area contributed by atoms with E-state index in [1.807, 2.05) is 23.1 Å². The third-order valence-corrected chi connectivity index (χ3v) is 3.43. The first kappa shape index (κ1) is 10.5. The summed E-state index contributed by atoms with van der Waals surface area (Å²) in [4.78, 5) is 13.5. The molecule has 1 aliphatic heterocycles. The predicted octanol–water partition coefficient (Wildman–Crippen LogP) is 2.76. The summed E-state index contributed by atoms with van der Waals surface area (Å²) < 4.78 is 0. The van der Waals surface area contributed by atoms with E-state index in [0.29, 0.717) is 5.92 Å². The van der Waals surface area contributed by atoms with Crippen LogP contribution in [0.2, 0.25) is 0 Å². The van der Waals surface area contributed by atoms with Crippen molar-refractivity contribution in [3.63, 3.8) is 0 Å². The van der Waals surface area contributed by atoms with Crippen molar-refractivity contribution in [1.29, 1.82) is 0 Å². The summed E-state index contributed by atoms with van der Waals surface area (Å²) in [6.07, 6.45) is 0. The normalized spacial score (nSPS) is 24.1. The number of alkyl halides is 1. The molecule has 0 spiro atoms. The van der Waals surface area contributed by atoms with Crippen molar-refractivity contribution in [3.05, 3.63) is 29.8 Å². The number of fused-ring (bicyclic) bond motifs is 1. The Labute approximate surface area is 94.8 Å². The van der Waals surface area contributed by atoms with Gasteiger partial charge in [-0.2, -0.15) is 0 Å². The highest BCUT2D eigenvalue weighted by Crippen LogP contribution is 2.40. The maximum atomic E-state index is 11.7. The molecule has 1 amide bonds. The van der Waals surface area contributed by atoms with Crippen LogP contribution in [0.4, 0.5) is 5.69 Å². The van der Waals surface area contributed by atoms with Crippen molar-refractivity contribution in [3.8, 4) is 0 Å². The van der Waals surface area contributed by atoms with E-state index in [-0.39, 0.29) is 17.8 Å². The zero-order valence-electron chi connectivity index (χ0n) is 8.90. The Kier molecular flexibility index (Phi) is 2.70. The van der Waals surface area contributed by atoms with Crippen molar-refractivity contribution in [2.45, 2.75) is 25.8 Å². The van der Waals surface area contributed by atoms with Crippen molar-refractivity contribution < 1.29 is 4.79 Å². The van der Waals surface area contributed by atoms with Crippen LogP contribution in [-0.4, -0.2) is 17.8 Å². The standard InChI is InChI=1S/C12H14ClNO/c1-8-9(2)14(12(15)7-13)11-6-4-3-5-10(8)11/h3-6,8-9H,7H2,1-2H3/t8-,9+/m1/s1. The van der Waals surface area contributed by atoms with Crippen LogP contribution >= 0.6 is 11.6 Å². The summed E-state index contributed by atoms with van der Waals surface area (Å²) in [7, 11) is 0. The van der Waals surface area contributed by atoms with E-state index in [0.717, 1.165) is 5.69 Å². The summed E-state index contributed by atoms with van der Waals surface area (Å²) in [5.41, 5.74) is 2.26. The van der Waals surface area contributed by atoms with Gasteiger partial charge in [-0.25, -0.2) is 0 Å². The third kappa shape index (κ3) is 1.53. The summed E-state index contributed by atoms with van der Waals surface area (Å²) in [5, 5.41) is 0. The third-order valence-electron chi connectivity index (χ3n) is 3.20. The van der Waals surface area contributed by atoms with Gasteiger partial charge in [-0.05, 0) is 18.6 Å². The summed E-state index contributed by atoms with van der Waals surface area (Å²) in [6.45, 7) is 4.21. The first-order chi connectivity index (χ1) is 7.16. The molecule has 2 rings (SSSR count). The first-order valence-electron chi connectivity index (χ1n) is 5.13. The van der Waals surface area contributed by atoms with E-state index >= 15 is 0 Å². The molecule has 1 aromatic carbocycles. The molecule has 15 heavy (non-hydrogen) atoms. The van der Waals surface area contributed by atoms with Crippen molar-refractivity contribution >= 4 is 23.2 Å². The number of amides is 1. The van der Waals surface area contributed by atoms with Crippen LogP contribution in [-0.2, 0) is 4.79 Å². The van der Waals surface area contributed by atoms with Gasteiger partial charge in [0.25, 0.3) is 0 Å². The molecule has 1 aromatic rings. The van der Waals surface area contributed by atoms with Crippen LogP contribution in [0.5, 0.6) is 0 Å². The highest BCUT2D eigenvalue weighted by Gasteiger charge is 2.35. The highest BCUT2D eigenvalue weighted by molar-refractivity contribution is 6.29. The minimum absolute atomic E-state index is 0.0130. The van der Waals surface area contributed by atoms with Crippen molar-refractivity contribution in [2.24, 2.45) is 0 Å². The van der Waals surface area contributed by atoms with Gasteiger partial charge in [0.1, 0.15) is 5.88 Å². The van der Waals surface area contributed by atoms with Gasteiger partial charge in [-0.1, -0.05) is 25.1 Å². The number of nitrogens with zero attached hydrogens (tertiary/aromatic N) is 1. The summed E-state index contributed by atoms with van der Waals surface area (Å²) >= 11 is 5.62. The fraction of sp³-hybridized carbons (Fsp3) is 0.417. The lowest BCUT2D eigenvalue weighted by molar-refractivity contribution is -0.116. The van der Waals surface area contributed by atoms with Crippen molar-refractivity contribution in [2.75, 3.05) is 10.8 Å². The molecule has 3 heteroatoms. The van der Waals surface area contributed by atoms with Crippen LogP contribution in [0.15, 0.2) is 24.3 Å². The monoisotopic (exact) mass is 223 g/mol. The smallest absolute Gasteiger partial charge is 0.242 e. The van der Waals surface area contributed by atoms with Crippen LogP contribution in [0, 0.1) is 0 Å². The number of halogens is 1. The lowest BCUT2D eigenvalue weighted by Crippen LogP contribution is -2.37. The molecular weight excluding hydrogens is 210 g/mol. The predicted molar refractivity (Wildman–Crippen MR) is 62.5 cm³/mol. The number of carbonyl (C=O) groups excluding carboxylic acids is 1. The van der Waals surface area contributed by atoms with E-state index < -0.39 is 0 Å². The van der Waals surface area contributed by atoms with Gasteiger partial charge < -0.3 is 4.90 Å². The summed E-state index contributed by atoms with van der Waals surface area (Å²) in [5.74, 6) is 0.417. The van der Waals surface area contributed by atoms with Gasteiger partial charge in [-0.3, -0.25) is 4.79 Å². The number of hydrogen-bond acceptors (Lipinski definition) is 1. The second kappa shape index (κ2) is 3.86. The molecule has 0 radical (unpaired) electrons. The van der Waals surface area contributed by atoms with E-state index in [9.17, 15) is 4.79 Å². The molecule has 0 saturated carbocycles. The second-order valence-electron chi connectivity index (χ2n) is 3.99.